The van der Waals surface area contributed by atoms with Gasteiger partial charge < -0.3 is 5.32 Å². The van der Waals surface area contributed by atoms with E-state index < -0.39 is 0 Å². The fourth-order valence-electron chi connectivity index (χ4n) is 2.60. The first-order valence-electron chi connectivity index (χ1n) is 6.66. The van der Waals surface area contributed by atoms with E-state index in [1.54, 1.807) is 0 Å². The molecule has 4 heteroatoms. The number of hydrogen-bond acceptors (Lipinski definition) is 3. The third-order valence-corrected chi connectivity index (χ3v) is 5.35. The summed E-state index contributed by atoms with van der Waals surface area (Å²) < 4.78 is 1.13. The number of hydrogen-bond donors (Lipinski definition) is 1. The minimum absolute atomic E-state index is 0.514. The summed E-state index contributed by atoms with van der Waals surface area (Å²) in [7, 11) is 2.05. The first kappa shape index (κ1) is 13.3. The molecule has 0 radical (unpaired) electrons. The lowest BCUT2D eigenvalue weighted by molar-refractivity contribution is 0.501. The van der Waals surface area contributed by atoms with E-state index in [0.29, 0.717) is 6.04 Å². The fourth-order valence-corrected chi connectivity index (χ4v) is 4.15. The van der Waals surface area contributed by atoms with Crippen LogP contribution in [-0.4, -0.2) is 12.0 Å². The van der Waals surface area contributed by atoms with Crippen LogP contribution in [0.25, 0.3) is 0 Å². The van der Waals surface area contributed by atoms with Crippen molar-refractivity contribution in [2.24, 2.45) is 0 Å². The number of thiazole rings is 1. The van der Waals surface area contributed by atoms with Gasteiger partial charge in [0, 0.05) is 21.8 Å². The summed E-state index contributed by atoms with van der Waals surface area (Å²) in [5, 5.41) is 4.65. The van der Waals surface area contributed by atoms with Gasteiger partial charge in [-0.15, -0.1) is 11.3 Å². The molecule has 1 aromatic heterocycles. The minimum atomic E-state index is 0.514. The maximum absolute atomic E-state index is 4.83. The second-order valence-corrected chi connectivity index (χ2v) is 6.99. The second-order valence-electron chi connectivity index (χ2n) is 4.96. The quantitative estimate of drug-likeness (QED) is 0.912. The Morgan fingerprint density at radius 1 is 1.37 bits per heavy atom. The van der Waals surface area contributed by atoms with Crippen molar-refractivity contribution in [2.45, 2.75) is 31.7 Å². The number of aromatic nitrogens is 1. The molecular weight excluding hydrogens is 320 g/mol. The number of rotatable bonds is 3. The maximum atomic E-state index is 4.83. The van der Waals surface area contributed by atoms with Crippen LogP contribution < -0.4 is 5.32 Å². The predicted molar refractivity (Wildman–Crippen MR) is 83.8 cm³/mol. The molecule has 0 spiro atoms. The Labute approximate surface area is 126 Å². The molecule has 2 nitrogen and oxygen atoms in total. The zero-order valence-electron chi connectivity index (χ0n) is 10.9. The third kappa shape index (κ3) is 2.91. The van der Waals surface area contributed by atoms with Crippen LogP contribution in [0, 0.1) is 0 Å². The van der Waals surface area contributed by atoms with Gasteiger partial charge in [0.1, 0.15) is 0 Å². The second kappa shape index (κ2) is 5.73. The van der Waals surface area contributed by atoms with E-state index in [-0.39, 0.29) is 0 Å². The summed E-state index contributed by atoms with van der Waals surface area (Å²) in [6.07, 6.45) is 4.58. The highest BCUT2D eigenvalue weighted by atomic mass is 79.9. The zero-order chi connectivity index (χ0) is 13.2. The van der Waals surface area contributed by atoms with Gasteiger partial charge in [-0.2, -0.15) is 0 Å². The summed E-state index contributed by atoms with van der Waals surface area (Å²) >= 11 is 5.35. The summed E-state index contributed by atoms with van der Waals surface area (Å²) in [6, 6.07) is 9.04. The largest absolute Gasteiger partial charge is 0.312 e. The van der Waals surface area contributed by atoms with E-state index in [0.717, 1.165) is 17.3 Å². The van der Waals surface area contributed by atoms with Gasteiger partial charge in [-0.3, -0.25) is 0 Å². The van der Waals surface area contributed by atoms with E-state index in [4.69, 9.17) is 4.98 Å². The average Bonchev–Trinajstić information content (AvgIpc) is 2.83. The van der Waals surface area contributed by atoms with Crippen LogP contribution in [0.4, 0.5) is 0 Å². The van der Waals surface area contributed by atoms with Crippen LogP contribution in [0.5, 0.6) is 0 Å². The standard InChI is InChI=1S/C15H17BrN2S/c1-17-12-3-2-4-13-15(12)19-14(18-13)9-10-5-7-11(16)8-6-10/h5-8,12,17H,2-4,9H2,1H3. The number of halogens is 1. The Morgan fingerprint density at radius 3 is 2.89 bits per heavy atom. The van der Waals surface area contributed by atoms with Crippen LogP contribution in [-0.2, 0) is 12.8 Å². The molecule has 1 unspecified atom stereocenters. The molecule has 100 valence electrons. The lowest BCUT2D eigenvalue weighted by atomic mass is 9.98. The third-order valence-electron chi connectivity index (χ3n) is 3.61. The molecular formula is C15H17BrN2S. The predicted octanol–water partition coefficient (Wildman–Crippen LogP) is 4.09. The monoisotopic (exact) mass is 336 g/mol. The van der Waals surface area contributed by atoms with Crippen molar-refractivity contribution < 1.29 is 0 Å². The molecule has 19 heavy (non-hydrogen) atoms. The molecule has 1 atom stereocenters. The molecule has 2 aromatic rings. The number of benzene rings is 1. The summed E-state index contributed by atoms with van der Waals surface area (Å²) in [4.78, 5) is 6.29. The molecule has 1 aliphatic rings. The molecule has 1 aromatic carbocycles. The van der Waals surface area contributed by atoms with E-state index in [2.05, 4.69) is 45.5 Å². The Morgan fingerprint density at radius 2 is 2.16 bits per heavy atom. The molecule has 0 aliphatic heterocycles. The van der Waals surface area contributed by atoms with Crippen molar-refractivity contribution in [1.29, 1.82) is 0 Å². The number of aryl methyl sites for hydroxylation is 1. The fraction of sp³-hybridized carbons (Fsp3) is 0.400. The Balaban J connectivity index is 1.82. The summed E-state index contributed by atoms with van der Waals surface area (Å²) in [5.74, 6) is 0. The van der Waals surface area contributed by atoms with Crippen molar-refractivity contribution in [3.63, 3.8) is 0 Å². The highest BCUT2D eigenvalue weighted by molar-refractivity contribution is 9.10. The van der Waals surface area contributed by atoms with E-state index in [1.165, 1.54) is 34.0 Å². The highest BCUT2D eigenvalue weighted by Gasteiger charge is 2.23. The smallest absolute Gasteiger partial charge is 0.0975 e. The number of nitrogens with one attached hydrogen (secondary N) is 1. The van der Waals surface area contributed by atoms with Crippen LogP contribution in [0.3, 0.4) is 0 Å². The van der Waals surface area contributed by atoms with Gasteiger partial charge in [0.15, 0.2) is 0 Å². The van der Waals surface area contributed by atoms with Gasteiger partial charge in [0.2, 0.25) is 0 Å². The molecule has 0 bridgehead atoms. The number of nitrogens with zero attached hydrogens (tertiary/aromatic N) is 1. The Kier molecular flexibility index (Phi) is 4.01. The highest BCUT2D eigenvalue weighted by Crippen LogP contribution is 2.34. The first-order valence-corrected chi connectivity index (χ1v) is 8.27. The van der Waals surface area contributed by atoms with Gasteiger partial charge >= 0.3 is 0 Å². The van der Waals surface area contributed by atoms with Crippen molar-refractivity contribution in [3.8, 4) is 0 Å². The molecule has 3 rings (SSSR count). The molecule has 1 N–H and O–H groups in total. The Hall–Kier alpha value is -0.710. The van der Waals surface area contributed by atoms with Gasteiger partial charge in [-0.05, 0) is 44.0 Å². The Bertz CT molecular complexity index is 562. The average molecular weight is 337 g/mol. The van der Waals surface area contributed by atoms with Gasteiger partial charge in [0.25, 0.3) is 0 Å². The van der Waals surface area contributed by atoms with E-state index in [1.807, 2.05) is 18.4 Å². The molecule has 0 amide bonds. The van der Waals surface area contributed by atoms with E-state index >= 15 is 0 Å². The normalized spacial score (nSPS) is 18.3. The van der Waals surface area contributed by atoms with Crippen LogP contribution in [0.1, 0.15) is 40.0 Å². The van der Waals surface area contributed by atoms with Gasteiger partial charge in [0.05, 0.1) is 10.7 Å². The van der Waals surface area contributed by atoms with Gasteiger partial charge in [-0.25, -0.2) is 4.98 Å². The van der Waals surface area contributed by atoms with E-state index in [9.17, 15) is 0 Å². The molecule has 1 aliphatic carbocycles. The zero-order valence-corrected chi connectivity index (χ0v) is 13.4. The molecule has 0 saturated carbocycles. The van der Waals surface area contributed by atoms with Crippen LogP contribution in [0.2, 0.25) is 0 Å². The van der Waals surface area contributed by atoms with Crippen molar-refractivity contribution in [2.75, 3.05) is 7.05 Å². The lowest BCUT2D eigenvalue weighted by Crippen LogP contribution is -2.19. The van der Waals surface area contributed by atoms with Crippen LogP contribution >= 0.6 is 27.3 Å². The lowest BCUT2D eigenvalue weighted by Gasteiger charge is -2.20. The SMILES string of the molecule is CNC1CCCc2nc(Cc3ccc(Br)cc3)sc21. The van der Waals surface area contributed by atoms with Crippen molar-refractivity contribution in [3.05, 3.63) is 49.9 Å². The molecule has 0 saturated heterocycles. The minimum Gasteiger partial charge on any atom is -0.312 e. The maximum Gasteiger partial charge on any atom is 0.0975 e. The topological polar surface area (TPSA) is 24.9 Å². The molecule has 0 fully saturated rings. The van der Waals surface area contributed by atoms with Crippen molar-refractivity contribution in [1.82, 2.24) is 10.3 Å². The van der Waals surface area contributed by atoms with Crippen molar-refractivity contribution >= 4 is 27.3 Å². The number of fused-ring (bicyclic) bond motifs is 1. The molecule has 1 heterocycles. The first-order chi connectivity index (χ1) is 9.26. The summed E-state index contributed by atoms with van der Waals surface area (Å²) in [6.45, 7) is 0. The van der Waals surface area contributed by atoms with Crippen LogP contribution in [0.15, 0.2) is 28.7 Å². The summed E-state index contributed by atoms with van der Waals surface area (Å²) in [5.41, 5.74) is 2.65. The van der Waals surface area contributed by atoms with Gasteiger partial charge in [-0.1, -0.05) is 28.1 Å².